The maximum absolute atomic E-state index is 13.0. The lowest BCUT2D eigenvalue weighted by molar-refractivity contribution is -0.140. The first-order valence-corrected chi connectivity index (χ1v) is 10.5. The number of hydrogen-bond acceptors (Lipinski definition) is 6. The molecule has 3 rings (SSSR count). The zero-order valence-corrected chi connectivity index (χ0v) is 18.5. The Kier molecular flexibility index (Phi) is 7.07. The maximum atomic E-state index is 13.0. The minimum Gasteiger partial charge on any atom is -0.507 e. The molecule has 1 N–H and O–H groups in total. The van der Waals surface area contributed by atoms with E-state index < -0.39 is 17.7 Å². The molecule has 0 radical (unpaired) electrons. The molecule has 1 saturated heterocycles. The summed E-state index contributed by atoms with van der Waals surface area (Å²) in [6.07, 6.45) is 3.27. The van der Waals surface area contributed by atoms with Crippen molar-refractivity contribution in [1.29, 1.82) is 0 Å². The van der Waals surface area contributed by atoms with Gasteiger partial charge in [0.05, 0.1) is 18.7 Å². The van der Waals surface area contributed by atoms with Gasteiger partial charge in [-0.2, -0.15) is 0 Å². The van der Waals surface area contributed by atoms with Crippen LogP contribution in [0.5, 0.6) is 5.75 Å². The highest BCUT2D eigenvalue weighted by atomic mass is 16.5. The van der Waals surface area contributed by atoms with Gasteiger partial charge in [-0.1, -0.05) is 19.9 Å². The van der Waals surface area contributed by atoms with Crippen LogP contribution in [0, 0.1) is 6.92 Å². The molecular weight excluding hydrogens is 394 g/mol. The fourth-order valence-electron chi connectivity index (χ4n) is 3.97. The van der Waals surface area contributed by atoms with E-state index in [2.05, 4.69) is 23.7 Å². The normalized spacial score (nSPS) is 18.1. The summed E-state index contributed by atoms with van der Waals surface area (Å²) in [4.78, 5) is 33.9. The highest BCUT2D eigenvalue weighted by Gasteiger charge is 2.46. The van der Waals surface area contributed by atoms with E-state index in [1.807, 2.05) is 13.0 Å². The average Bonchev–Trinajstić information content (AvgIpc) is 3.04. The number of Topliss-reactive ketones (excluding diaryl/α,β-unsaturated/α-hetero) is 1. The van der Waals surface area contributed by atoms with Gasteiger partial charge in [0.25, 0.3) is 11.7 Å². The Morgan fingerprint density at radius 3 is 2.55 bits per heavy atom. The number of rotatable bonds is 8. The summed E-state index contributed by atoms with van der Waals surface area (Å²) < 4.78 is 5.29. The van der Waals surface area contributed by atoms with Crippen LogP contribution in [0.2, 0.25) is 0 Å². The summed E-state index contributed by atoms with van der Waals surface area (Å²) in [6.45, 7) is 8.69. The second kappa shape index (κ2) is 9.75. The summed E-state index contributed by atoms with van der Waals surface area (Å²) in [5, 5.41) is 11.1. The van der Waals surface area contributed by atoms with Crippen molar-refractivity contribution >= 4 is 17.4 Å². The van der Waals surface area contributed by atoms with E-state index >= 15 is 0 Å². The number of aromatic nitrogens is 1. The predicted molar refractivity (Wildman–Crippen MR) is 119 cm³/mol. The number of ketones is 1. The molecule has 31 heavy (non-hydrogen) atoms. The molecule has 2 heterocycles. The van der Waals surface area contributed by atoms with E-state index in [0.717, 1.165) is 18.7 Å². The highest BCUT2D eigenvalue weighted by molar-refractivity contribution is 6.46. The molecule has 1 aromatic carbocycles. The SMILES string of the molecule is CCN(CC)CCN1C(=O)C(=O)C(=C(O)c2ccc(OC)c(C)c2)[C@@H]1c1cccnc1. The minimum absolute atomic E-state index is 0.0853. The Bertz CT molecular complexity index is 984. The van der Waals surface area contributed by atoms with E-state index in [9.17, 15) is 14.7 Å². The standard InChI is InChI=1S/C24H29N3O4/c1-5-26(6-2)12-13-27-21(18-8-7-11-25-15-18)20(23(29)24(27)30)22(28)17-9-10-19(31-4)16(3)14-17/h7-11,14-15,21,28H,5-6,12-13H2,1-4H3/t21-/m0/s1. The Balaban J connectivity index is 2.08. The fourth-order valence-corrected chi connectivity index (χ4v) is 3.97. The van der Waals surface area contributed by atoms with Crippen LogP contribution in [0.25, 0.3) is 5.76 Å². The number of nitrogens with zero attached hydrogens (tertiary/aromatic N) is 3. The Morgan fingerprint density at radius 1 is 1.23 bits per heavy atom. The van der Waals surface area contributed by atoms with Crippen LogP contribution in [0.15, 0.2) is 48.3 Å². The highest BCUT2D eigenvalue weighted by Crippen LogP contribution is 2.39. The zero-order valence-electron chi connectivity index (χ0n) is 18.5. The first kappa shape index (κ1) is 22.5. The minimum atomic E-state index is -0.688. The number of methoxy groups -OCH3 is 1. The number of aryl methyl sites for hydroxylation is 1. The van der Waals surface area contributed by atoms with Crippen LogP contribution in [-0.4, -0.2) is 64.9 Å². The van der Waals surface area contributed by atoms with E-state index in [4.69, 9.17) is 4.74 Å². The molecule has 7 heteroatoms. The summed E-state index contributed by atoms with van der Waals surface area (Å²) in [5.74, 6) is -0.796. The number of aliphatic hydroxyl groups excluding tert-OH is 1. The van der Waals surface area contributed by atoms with E-state index in [1.54, 1.807) is 48.7 Å². The van der Waals surface area contributed by atoms with E-state index in [0.29, 0.717) is 30.0 Å². The number of benzene rings is 1. The predicted octanol–water partition coefficient (Wildman–Crippen LogP) is 3.16. The molecule has 1 aliphatic heterocycles. The van der Waals surface area contributed by atoms with Gasteiger partial charge in [-0.05, 0) is 55.4 Å². The number of aliphatic hydroxyl groups is 1. The van der Waals surface area contributed by atoms with E-state index in [1.165, 1.54) is 0 Å². The lowest BCUT2D eigenvalue weighted by atomic mass is 9.95. The molecule has 1 aliphatic rings. The summed E-state index contributed by atoms with van der Waals surface area (Å²) in [7, 11) is 1.58. The smallest absolute Gasteiger partial charge is 0.295 e. The van der Waals surface area contributed by atoms with Crippen molar-refractivity contribution in [3.05, 3.63) is 65.0 Å². The zero-order chi connectivity index (χ0) is 22.5. The third-order valence-corrected chi connectivity index (χ3v) is 5.76. The molecule has 1 atom stereocenters. The third kappa shape index (κ3) is 4.46. The number of likely N-dealkylation sites (tertiary alicyclic amines) is 1. The molecule has 1 aromatic heterocycles. The van der Waals surface area contributed by atoms with Gasteiger partial charge in [-0.25, -0.2) is 0 Å². The largest absolute Gasteiger partial charge is 0.507 e. The fraction of sp³-hybridized carbons (Fsp3) is 0.375. The van der Waals surface area contributed by atoms with Crippen molar-refractivity contribution in [2.75, 3.05) is 33.3 Å². The Morgan fingerprint density at radius 2 is 1.97 bits per heavy atom. The van der Waals surface area contributed by atoms with Gasteiger partial charge in [-0.3, -0.25) is 14.6 Å². The first-order valence-electron chi connectivity index (χ1n) is 10.5. The van der Waals surface area contributed by atoms with Crippen molar-refractivity contribution in [2.45, 2.75) is 26.8 Å². The maximum Gasteiger partial charge on any atom is 0.295 e. The molecule has 0 unspecified atom stereocenters. The molecule has 1 amide bonds. The number of carbonyl (C=O) groups is 2. The number of amides is 1. The van der Waals surface area contributed by atoms with E-state index in [-0.39, 0.29) is 11.3 Å². The summed E-state index contributed by atoms with van der Waals surface area (Å²) >= 11 is 0. The molecule has 0 saturated carbocycles. The monoisotopic (exact) mass is 423 g/mol. The Hall–Kier alpha value is -3.19. The number of hydrogen-bond donors (Lipinski definition) is 1. The van der Waals surface area contributed by atoms with Gasteiger partial charge in [0.15, 0.2) is 0 Å². The second-order valence-corrected chi connectivity index (χ2v) is 7.49. The van der Waals surface area contributed by atoms with Crippen molar-refractivity contribution in [1.82, 2.24) is 14.8 Å². The molecular formula is C24H29N3O4. The number of carbonyl (C=O) groups excluding carboxylic acids is 2. The van der Waals surface area contributed by atoms with Crippen molar-refractivity contribution < 1.29 is 19.4 Å². The van der Waals surface area contributed by atoms with Crippen LogP contribution in [0.3, 0.4) is 0 Å². The summed E-state index contributed by atoms with van der Waals surface area (Å²) in [6, 6.07) is 8.06. The van der Waals surface area contributed by atoms with Gasteiger partial charge in [-0.15, -0.1) is 0 Å². The van der Waals surface area contributed by atoms with Gasteiger partial charge >= 0.3 is 0 Å². The number of ether oxygens (including phenoxy) is 1. The lowest BCUT2D eigenvalue weighted by Gasteiger charge is -2.28. The van der Waals surface area contributed by atoms with Gasteiger partial charge < -0.3 is 19.6 Å². The first-order chi connectivity index (χ1) is 14.9. The molecule has 0 bridgehead atoms. The average molecular weight is 424 g/mol. The molecule has 2 aromatic rings. The van der Waals surface area contributed by atoms with Gasteiger partial charge in [0.1, 0.15) is 11.5 Å². The summed E-state index contributed by atoms with van der Waals surface area (Å²) in [5.41, 5.74) is 2.06. The topological polar surface area (TPSA) is 83.0 Å². The third-order valence-electron chi connectivity index (χ3n) is 5.76. The van der Waals surface area contributed by atoms with Crippen molar-refractivity contribution in [3.8, 4) is 5.75 Å². The van der Waals surface area contributed by atoms with Crippen molar-refractivity contribution in [2.24, 2.45) is 0 Å². The molecule has 164 valence electrons. The van der Waals surface area contributed by atoms with Crippen molar-refractivity contribution in [3.63, 3.8) is 0 Å². The number of likely N-dealkylation sites (N-methyl/N-ethyl adjacent to an activating group) is 1. The van der Waals surface area contributed by atoms with Gasteiger partial charge in [0, 0.05) is 31.0 Å². The molecule has 0 spiro atoms. The van der Waals surface area contributed by atoms with Crippen LogP contribution in [-0.2, 0) is 9.59 Å². The quantitative estimate of drug-likeness (QED) is 0.399. The van der Waals surface area contributed by atoms with Crippen LogP contribution >= 0.6 is 0 Å². The van der Waals surface area contributed by atoms with Crippen LogP contribution in [0.1, 0.15) is 36.6 Å². The molecule has 7 nitrogen and oxygen atoms in total. The second-order valence-electron chi connectivity index (χ2n) is 7.49. The van der Waals surface area contributed by atoms with Crippen LogP contribution < -0.4 is 4.74 Å². The number of pyridine rings is 1. The molecule has 1 fully saturated rings. The molecule has 0 aliphatic carbocycles. The van der Waals surface area contributed by atoms with Crippen LogP contribution in [0.4, 0.5) is 0 Å². The Labute approximate surface area is 183 Å². The van der Waals surface area contributed by atoms with Gasteiger partial charge in [0.2, 0.25) is 0 Å². The lowest BCUT2D eigenvalue weighted by Crippen LogP contribution is -2.38.